The van der Waals surface area contributed by atoms with E-state index < -0.39 is 0 Å². The van der Waals surface area contributed by atoms with E-state index in [-0.39, 0.29) is 12.6 Å². The molecule has 0 amide bonds. The lowest BCUT2D eigenvalue weighted by atomic mass is 10.1. The van der Waals surface area contributed by atoms with E-state index in [1.165, 1.54) is 5.56 Å². The maximum atomic E-state index is 5.93. The fourth-order valence-electron chi connectivity index (χ4n) is 2.45. The van der Waals surface area contributed by atoms with Gasteiger partial charge in [0.05, 0.1) is 6.21 Å². The minimum Gasteiger partial charge on any atom is -0.454 e. The second-order valence-electron chi connectivity index (χ2n) is 5.78. The van der Waals surface area contributed by atoms with Crippen LogP contribution in [0.15, 0.2) is 63.3 Å². The molecular weight excluding hydrogens is 332 g/mol. The van der Waals surface area contributed by atoms with Crippen LogP contribution in [0, 0.1) is 6.92 Å². The Labute approximate surface area is 149 Å². The lowest BCUT2D eigenvalue weighted by Gasteiger charge is -1.96. The molecule has 0 aliphatic carbocycles. The van der Waals surface area contributed by atoms with Gasteiger partial charge in [0.25, 0.3) is 0 Å². The highest BCUT2D eigenvalue weighted by atomic mass is 16.7. The van der Waals surface area contributed by atoms with Crippen molar-refractivity contribution in [1.82, 2.24) is 5.16 Å². The SMILES string of the molecule is Cc1ccc(-c2cc(C(N)=NN=Cc3ccc4c(c3)OCO4)no2)cc1. The molecule has 2 aromatic carbocycles. The molecule has 1 aromatic heterocycles. The van der Waals surface area contributed by atoms with E-state index in [0.29, 0.717) is 17.2 Å². The zero-order chi connectivity index (χ0) is 17.9. The summed E-state index contributed by atoms with van der Waals surface area (Å²) in [6.07, 6.45) is 1.58. The van der Waals surface area contributed by atoms with Crippen LogP contribution in [0.3, 0.4) is 0 Å². The smallest absolute Gasteiger partial charge is 0.231 e. The highest BCUT2D eigenvalue weighted by molar-refractivity contribution is 5.96. The minimum absolute atomic E-state index is 0.170. The zero-order valence-corrected chi connectivity index (χ0v) is 14.0. The highest BCUT2D eigenvalue weighted by Gasteiger charge is 2.12. The van der Waals surface area contributed by atoms with Crippen LogP contribution in [0.4, 0.5) is 0 Å². The number of aryl methyl sites for hydroxylation is 1. The first-order chi connectivity index (χ1) is 12.7. The van der Waals surface area contributed by atoms with Gasteiger partial charge >= 0.3 is 0 Å². The summed E-state index contributed by atoms with van der Waals surface area (Å²) >= 11 is 0. The summed E-state index contributed by atoms with van der Waals surface area (Å²) < 4.78 is 15.9. The molecule has 0 saturated carbocycles. The molecule has 1 aliphatic heterocycles. The van der Waals surface area contributed by atoms with Crippen molar-refractivity contribution >= 4 is 12.1 Å². The van der Waals surface area contributed by atoms with E-state index in [4.69, 9.17) is 19.7 Å². The van der Waals surface area contributed by atoms with Gasteiger partial charge in [0.15, 0.2) is 28.8 Å². The summed E-state index contributed by atoms with van der Waals surface area (Å²) in [5, 5.41) is 11.9. The molecule has 7 nitrogen and oxygen atoms in total. The van der Waals surface area contributed by atoms with Crippen molar-refractivity contribution in [3.05, 3.63) is 65.4 Å². The van der Waals surface area contributed by atoms with E-state index in [1.807, 2.05) is 49.4 Å². The standard InChI is InChI=1S/C19H16N4O3/c1-12-2-5-14(6-3-12)17-9-15(23-26-17)19(20)22-21-10-13-4-7-16-18(8-13)25-11-24-16/h2-10H,11H2,1H3,(H2,20,22). The Hall–Kier alpha value is -3.61. The molecule has 0 atom stereocenters. The van der Waals surface area contributed by atoms with Gasteiger partial charge in [-0.1, -0.05) is 35.0 Å². The molecule has 3 aromatic rings. The number of rotatable bonds is 4. The van der Waals surface area contributed by atoms with Crippen molar-refractivity contribution in [2.45, 2.75) is 6.92 Å². The number of amidine groups is 1. The largest absolute Gasteiger partial charge is 0.454 e. The summed E-state index contributed by atoms with van der Waals surface area (Å²) in [6, 6.07) is 15.2. The monoisotopic (exact) mass is 348 g/mol. The lowest BCUT2D eigenvalue weighted by molar-refractivity contribution is 0.174. The number of ether oxygens (including phenoxy) is 2. The van der Waals surface area contributed by atoms with Crippen LogP contribution in [0.1, 0.15) is 16.8 Å². The van der Waals surface area contributed by atoms with Crippen LogP contribution in [0.5, 0.6) is 11.5 Å². The Balaban J connectivity index is 1.48. The second-order valence-corrected chi connectivity index (χ2v) is 5.78. The fraction of sp³-hybridized carbons (Fsp3) is 0.105. The number of aromatic nitrogens is 1. The lowest BCUT2D eigenvalue weighted by Crippen LogP contribution is -2.12. The van der Waals surface area contributed by atoms with Crippen LogP contribution in [0.25, 0.3) is 11.3 Å². The Kier molecular flexibility index (Phi) is 4.10. The van der Waals surface area contributed by atoms with Gasteiger partial charge in [0.2, 0.25) is 6.79 Å². The summed E-state index contributed by atoms with van der Waals surface area (Å²) in [5.74, 6) is 2.20. The molecule has 1 aliphatic rings. The Morgan fingerprint density at radius 3 is 2.73 bits per heavy atom. The van der Waals surface area contributed by atoms with Crippen molar-refractivity contribution in [3.8, 4) is 22.8 Å². The number of hydrogen-bond acceptors (Lipinski definition) is 6. The molecule has 0 bridgehead atoms. The number of hydrogen-bond donors (Lipinski definition) is 1. The molecule has 2 heterocycles. The molecule has 130 valence electrons. The topological polar surface area (TPSA) is 95.2 Å². The number of nitrogens with two attached hydrogens (primary N) is 1. The van der Waals surface area contributed by atoms with Gasteiger partial charge < -0.3 is 19.7 Å². The van der Waals surface area contributed by atoms with Crippen molar-refractivity contribution < 1.29 is 14.0 Å². The molecule has 0 spiro atoms. The first kappa shape index (κ1) is 15.9. The molecule has 7 heteroatoms. The number of nitrogens with zero attached hydrogens (tertiary/aromatic N) is 3. The summed E-state index contributed by atoms with van der Waals surface area (Å²) in [7, 11) is 0. The van der Waals surface area contributed by atoms with E-state index in [0.717, 1.165) is 16.9 Å². The van der Waals surface area contributed by atoms with Crippen LogP contribution in [0.2, 0.25) is 0 Å². The van der Waals surface area contributed by atoms with E-state index in [9.17, 15) is 0 Å². The summed E-state index contributed by atoms with van der Waals surface area (Å²) in [6.45, 7) is 2.26. The summed E-state index contributed by atoms with van der Waals surface area (Å²) in [5.41, 5.74) is 9.29. The summed E-state index contributed by atoms with van der Waals surface area (Å²) in [4.78, 5) is 0. The van der Waals surface area contributed by atoms with Gasteiger partial charge in [0, 0.05) is 11.6 Å². The molecule has 0 saturated heterocycles. The van der Waals surface area contributed by atoms with Crippen LogP contribution in [-0.4, -0.2) is 24.0 Å². The van der Waals surface area contributed by atoms with Gasteiger partial charge in [0.1, 0.15) is 0 Å². The maximum Gasteiger partial charge on any atom is 0.231 e. The van der Waals surface area contributed by atoms with Gasteiger partial charge in [-0.2, -0.15) is 5.10 Å². The van der Waals surface area contributed by atoms with E-state index >= 15 is 0 Å². The van der Waals surface area contributed by atoms with Crippen molar-refractivity contribution in [3.63, 3.8) is 0 Å². The first-order valence-electron chi connectivity index (χ1n) is 7.99. The van der Waals surface area contributed by atoms with Crippen LogP contribution in [-0.2, 0) is 0 Å². The van der Waals surface area contributed by atoms with Gasteiger partial charge in [-0.25, -0.2) is 0 Å². The van der Waals surface area contributed by atoms with Gasteiger partial charge in [-0.05, 0) is 30.7 Å². The average molecular weight is 348 g/mol. The normalized spacial score (nSPS) is 13.5. The van der Waals surface area contributed by atoms with Crippen molar-refractivity contribution in [2.75, 3.05) is 6.79 Å². The molecule has 4 rings (SSSR count). The molecule has 2 N–H and O–H groups in total. The first-order valence-corrected chi connectivity index (χ1v) is 7.99. The average Bonchev–Trinajstić information content (AvgIpc) is 3.31. The Bertz CT molecular complexity index is 990. The minimum atomic E-state index is 0.170. The number of benzene rings is 2. The molecular formula is C19H16N4O3. The Morgan fingerprint density at radius 2 is 1.88 bits per heavy atom. The highest BCUT2D eigenvalue weighted by Crippen LogP contribution is 2.32. The van der Waals surface area contributed by atoms with Gasteiger partial charge in [-0.15, -0.1) is 5.10 Å². The van der Waals surface area contributed by atoms with E-state index in [1.54, 1.807) is 12.3 Å². The quantitative estimate of drug-likeness (QED) is 0.444. The third kappa shape index (κ3) is 3.27. The molecule has 0 fully saturated rings. The third-order valence-corrected chi connectivity index (χ3v) is 3.88. The van der Waals surface area contributed by atoms with Gasteiger partial charge in [-0.3, -0.25) is 0 Å². The van der Waals surface area contributed by atoms with Crippen molar-refractivity contribution in [2.24, 2.45) is 15.9 Å². The predicted molar refractivity (Wildman–Crippen MR) is 97.6 cm³/mol. The molecule has 26 heavy (non-hydrogen) atoms. The predicted octanol–water partition coefficient (Wildman–Crippen LogP) is 3.12. The third-order valence-electron chi connectivity index (χ3n) is 3.88. The second kappa shape index (κ2) is 6.72. The molecule has 0 radical (unpaired) electrons. The zero-order valence-electron chi connectivity index (χ0n) is 14.0. The fourth-order valence-corrected chi connectivity index (χ4v) is 2.45. The van der Waals surface area contributed by atoms with Crippen LogP contribution < -0.4 is 15.2 Å². The Morgan fingerprint density at radius 1 is 1.08 bits per heavy atom. The number of fused-ring (bicyclic) bond motifs is 1. The maximum absolute atomic E-state index is 5.93. The van der Waals surface area contributed by atoms with Crippen LogP contribution >= 0.6 is 0 Å². The molecule has 0 unspecified atom stereocenters. The van der Waals surface area contributed by atoms with E-state index in [2.05, 4.69) is 15.4 Å². The van der Waals surface area contributed by atoms with Crippen molar-refractivity contribution in [1.29, 1.82) is 0 Å².